The van der Waals surface area contributed by atoms with Gasteiger partial charge in [-0.2, -0.15) is 0 Å². The molecule has 3 heteroatoms. The lowest BCUT2D eigenvalue weighted by atomic mass is 9.99. The van der Waals surface area contributed by atoms with Crippen molar-refractivity contribution in [1.29, 1.82) is 0 Å². The van der Waals surface area contributed by atoms with Crippen LogP contribution in [0.3, 0.4) is 0 Å². The molecule has 0 heterocycles. The van der Waals surface area contributed by atoms with E-state index in [-0.39, 0.29) is 6.04 Å². The third kappa shape index (κ3) is 4.91. The highest BCUT2D eigenvalue weighted by Gasteiger charge is 2.14. The van der Waals surface area contributed by atoms with Crippen molar-refractivity contribution in [3.05, 3.63) is 33.3 Å². The minimum atomic E-state index is 0.282. The lowest BCUT2D eigenvalue weighted by molar-refractivity contribution is 0.385. The number of hydrogen-bond acceptors (Lipinski definition) is 1. The van der Waals surface area contributed by atoms with Crippen molar-refractivity contribution in [2.24, 2.45) is 5.92 Å². The van der Waals surface area contributed by atoms with Crippen LogP contribution < -0.4 is 5.32 Å². The molecule has 0 radical (unpaired) electrons. The summed E-state index contributed by atoms with van der Waals surface area (Å²) < 4.78 is 1.02. The Morgan fingerprint density at radius 3 is 2.50 bits per heavy atom. The number of hydrogen-bond donors (Lipinski definition) is 1. The van der Waals surface area contributed by atoms with Crippen molar-refractivity contribution in [3.63, 3.8) is 0 Å². The van der Waals surface area contributed by atoms with Crippen molar-refractivity contribution in [1.82, 2.24) is 5.32 Å². The van der Waals surface area contributed by atoms with Crippen molar-refractivity contribution < 1.29 is 0 Å². The SMILES string of the molecule is CCC(C)CC(C)NC(C)c1ccc(Br)cc1Cl. The van der Waals surface area contributed by atoms with Crippen LogP contribution in [0.1, 0.15) is 52.1 Å². The summed E-state index contributed by atoms with van der Waals surface area (Å²) in [6.45, 7) is 8.96. The minimum Gasteiger partial charge on any atom is -0.308 e. The van der Waals surface area contributed by atoms with E-state index in [4.69, 9.17) is 11.6 Å². The van der Waals surface area contributed by atoms with E-state index in [2.05, 4.69) is 55.0 Å². The Morgan fingerprint density at radius 1 is 1.28 bits per heavy atom. The van der Waals surface area contributed by atoms with Gasteiger partial charge in [-0.15, -0.1) is 0 Å². The normalized spacial score (nSPS) is 16.3. The summed E-state index contributed by atoms with van der Waals surface area (Å²) in [5, 5.41) is 4.44. The first-order chi connectivity index (χ1) is 8.43. The Hall–Kier alpha value is -0.0500. The summed E-state index contributed by atoms with van der Waals surface area (Å²) in [6, 6.07) is 6.87. The van der Waals surface area contributed by atoms with E-state index in [1.807, 2.05) is 12.1 Å². The van der Waals surface area contributed by atoms with Gasteiger partial charge in [0.05, 0.1) is 0 Å². The Bertz CT molecular complexity index is 381. The zero-order valence-corrected chi connectivity index (χ0v) is 14.0. The van der Waals surface area contributed by atoms with Gasteiger partial charge in [0.15, 0.2) is 0 Å². The largest absolute Gasteiger partial charge is 0.308 e. The molecule has 1 aromatic carbocycles. The van der Waals surface area contributed by atoms with Gasteiger partial charge < -0.3 is 5.32 Å². The quantitative estimate of drug-likeness (QED) is 0.717. The summed E-state index contributed by atoms with van der Waals surface area (Å²) in [4.78, 5) is 0. The Balaban J connectivity index is 2.61. The van der Waals surface area contributed by atoms with Gasteiger partial charge in [0.2, 0.25) is 0 Å². The predicted octanol–water partition coefficient (Wildman–Crippen LogP) is 5.58. The summed E-state index contributed by atoms with van der Waals surface area (Å²) >= 11 is 9.70. The molecule has 0 aliphatic carbocycles. The topological polar surface area (TPSA) is 12.0 Å². The monoisotopic (exact) mass is 331 g/mol. The predicted molar refractivity (Wildman–Crippen MR) is 84.2 cm³/mol. The van der Waals surface area contributed by atoms with E-state index < -0.39 is 0 Å². The molecule has 0 aliphatic heterocycles. The van der Waals surface area contributed by atoms with E-state index in [1.54, 1.807) is 0 Å². The Morgan fingerprint density at radius 2 is 1.94 bits per heavy atom. The first-order valence-electron chi connectivity index (χ1n) is 6.65. The van der Waals surface area contributed by atoms with Gasteiger partial charge in [-0.05, 0) is 43.9 Å². The molecule has 1 rings (SSSR count). The molecule has 18 heavy (non-hydrogen) atoms. The minimum absolute atomic E-state index is 0.282. The zero-order chi connectivity index (χ0) is 13.7. The van der Waals surface area contributed by atoms with Crippen LogP contribution in [0.4, 0.5) is 0 Å². The smallest absolute Gasteiger partial charge is 0.0464 e. The molecule has 0 saturated carbocycles. The van der Waals surface area contributed by atoms with Gasteiger partial charge in [0, 0.05) is 21.6 Å². The second-order valence-electron chi connectivity index (χ2n) is 5.20. The molecular weight excluding hydrogens is 310 g/mol. The van der Waals surface area contributed by atoms with Gasteiger partial charge in [-0.1, -0.05) is 53.9 Å². The first-order valence-corrected chi connectivity index (χ1v) is 7.82. The van der Waals surface area contributed by atoms with E-state index in [0.717, 1.165) is 21.0 Å². The zero-order valence-electron chi connectivity index (χ0n) is 11.6. The van der Waals surface area contributed by atoms with Gasteiger partial charge in [0.25, 0.3) is 0 Å². The van der Waals surface area contributed by atoms with E-state index in [1.165, 1.54) is 12.8 Å². The molecule has 0 aliphatic rings. The lowest BCUT2D eigenvalue weighted by Gasteiger charge is -2.23. The van der Waals surface area contributed by atoms with Crippen LogP contribution in [0.5, 0.6) is 0 Å². The third-order valence-corrected chi connectivity index (χ3v) is 4.24. The molecule has 102 valence electrons. The molecule has 0 fully saturated rings. The van der Waals surface area contributed by atoms with Gasteiger partial charge in [-0.25, -0.2) is 0 Å². The highest BCUT2D eigenvalue weighted by atomic mass is 79.9. The fraction of sp³-hybridized carbons (Fsp3) is 0.600. The summed E-state index contributed by atoms with van der Waals surface area (Å²) in [5.74, 6) is 0.764. The maximum Gasteiger partial charge on any atom is 0.0464 e. The van der Waals surface area contributed by atoms with Gasteiger partial charge in [-0.3, -0.25) is 0 Å². The second kappa shape index (κ2) is 7.52. The molecule has 3 unspecified atom stereocenters. The van der Waals surface area contributed by atoms with Crippen molar-refractivity contribution >= 4 is 27.5 Å². The number of halogens is 2. The summed E-state index contributed by atoms with van der Waals surface area (Å²) in [7, 11) is 0. The standard InChI is InChI=1S/C15H23BrClN/c1-5-10(2)8-11(3)18-12(4)14-7-6-13(16)9-15(14)17/h6-7,9-12,18H,5,8H2,1-4H3. The molecule has 0 bridgehead atoms. The molecule has 0 spiro atoms. The molecule has 1 N–H and O–H groups in total. The number of benzene rings is 1. The molecule has 0 aromatic heterocycles. The van der Waals surface area contributed by atoms with Gasteiger partial charge >= 0.3 is 0 Å². The Kier molecular flexibility index (Phi) is 6.68. The highest BCUT2D eigenvalue weighted by molar-refractivity contribution is 9.10. The van der Waals surface area contributed by atoms with Crippen LogP contribution in [-0.4, -0.2) is 6.04 Å². The van der Waals surface area contributed by atoms with E-state index in [9.17, 15) is 0 Å². The van der Waals surface area contributed by atoms with Crippen LogP contribution >= 0.6 is 27.5 Å². The molecule has 0 amide bonds. The van der Waals surface area contributed by atoms with Crippen molar-refractivity contribution in [3.8, 4) is 0 Å². The summed E-state index contributed by atoms with van der Waals surface area (Å²) in [6.07, 6.45) is 2.44. The second-order valence-corrected chi connectivity index (χ2v) is 6.53. The van der Waals surface area contributed by atoms with Crippen LogP contribution in [0, 0.1) is 5.92 Å². The highest BCUT2D eigenvalue weighted by Crippen LogP contribution is 2.27. The van der Waals surface area contributed by atoms with Crippen LogP contribution in [0.2, 0.25) is 5.02 Å². The van der Waals surface area contributed by atoms with Gasteiger partial charge in [0.1, 0.15) is 0 Å². The van der Waals surface area contributed by atoms with Crippen molar-refractivity contribution in [2.75, 3.05) is 0 Å². The lowest BCUT2D eigenvalue weighted by Crippen LogP contribution is -2.30. The third-order valence-electron chi connectivity index (χ3n) is 3.42. The fourth-order valence-electron chi connectivity index (χ4n) is 2.21. The number of nitrogens with one attached hydrogen (secondary N) is 1. The van der Waals surface area contributed by atoms with Crippen LogP contribution in [0.15, 0.2) is 22.7 Å². The molecular formula is C15H23BrClN. The van der Waals surface area contributed by atoms with Crippen LogP contribution in [-0.2, 0) is 0 Å². The van der Waals surface area contributed by atoms with Crippen LogP contribution in [0.25, 0.3) is 0 Å². The molecule has 3 atom stereocenters. The van der Waals surface area contributed by atoms with Crippen molar-refractivity contribution in [2.45, 2.75) is 52.6 Å². The maximum absolute atomic E-state index is 6.27. The molecule has 0 saturated heterocycles. The average molecular weight is 333 g/mol. The first kappa shape index (κ1) is 16.0. The Labute approximate surface area is 124 Å². The maximum atomic E-state index is 6.27. The number of rotatable bonds is 6. The summed E-state index contributed by atoms with van der Waals surface area (Å²) in [5.41, 5.74) is 1.16. The molecule has 1 aromatic rings. The van der Waals surface area contributed by atoms with E-state index in [0.29, 0.717) is 6.04 Å². The van der Waals surface area contributed by atoms with E-state index >= 15 is 0 Å². The fourth-order valence-corrected chi connectivity index (χ4v) is 3.04. The average Bonchev–Trinajstić information content (AvgIpc) is 2.28. The molecule has 1 nitrogen and oxygen atoms in total.